The van der Waals surface area contributed by atoms with Gasteiger partial charge in [-0.25, -0.2) is 0 Å². The molecule has 0 N–H and O–H groups in total. The second-order valence-electron chi connectivity index (χ2n) is 4.10. The predicted octanol–water partition coefficient (Wildman–Crippen LogP) is 3.35. The molecule has 0 aliphatic heterocycles. The monoisotopic (exact) mass is 244 g/mol. The summed E-state index contributed by atoms with van der Waals surface area (Å²) in [6, 6.07) is 18.1. The van der Waals surface area contributed by atoms with Crippen molar-refractivity contribution in [2.45, 2.75) is 18.2 Å². The van der Waals surface area contributed by atoms with E-state index in [1.54, 1.807) is 0 Å². The van der Waals surface area contributed by atoms with Crippen LogP contribution in [-0.2, 0) is 17.2 Å². The normalized spacial score (nSPS) is 12.3. The van der Waals surface area contributed by atoms with Crippen LogP contribution in [0.25, 0.3) is 0 Å². The molecule has 2 heteroatoms. The van der Waals surface area contributed by atoms with Gasteiger partial charge in [-0.2, -0.15) is 0 Å². The summed E-state index contributed by atoms with van der Waals surface area (Å²) < 4.78 is 12.0. The highest BCUT2D eigenvalue weighted by Gasteiger charge is 2.03. The van der Waals surface area contributed by atoms with Crippen LogP contribution in [0.1, 0.15) is 11.1 Å². The zero-order valence-electron chi connectivity index (χ0n) is 9.93. The second kappa shape index (κ2) is 5.78. The molecule has 2 aromatic carbocycles. The first-order valence-electron chi connectivity index (χ1n) is 5.75. The first-order chi connectivity index (χ1) is 8.25. The third-order valence-corrected chi connectivity index (χ3v) is 4.08. The van der Waals surface area contributed by atoms with E-state index in [1.165, 1.54) is 11.1 Å². The third-order valence-electron chi connectivity index (χ3n) is 2.70. The zero-order chi connectivity index (χ0) is 12.1. The Morgan fingerprint density at radius 1 is 0.941 bits per heavy atom. The maximum Gasteiger partial charge on any atom is 0.0532 e. The fourth-order valence-corrected chi connectivity index (χ4v) is 2.76. The lowest BCUT2D eigenvalue weighted by molar-refractivity contribution is 0.682. The quantitative estimate of drug-likeness (QED) is 0.806. The minimum absolute atomic E-state index is 0.688. The highest BCUT2D eigenvalue weighted by molar-refractivity contribution is 7.85. The minimum Gasteiger partial charge on any atom is -0.254 e. The number of aryl methyl sites for hydroxylation is 2. The van der Waals surface area contributed by atoms with Crippen LogP contribution in [0.5, 0.6) is 0 Å². The molecule has 0 heterocycles. The van der Waals surface area contributed by atoms with Gasteiger partial charge < -0.3 is 0 Å². The van der Waals surface area contributed by atoms with E-state index >= 15 is 0 Å². The number of rotatable bonds is 4. The van der Waals surface area contributed by atoms with Gasteiger partial charge in [0.05, 0.1) is 10.8 Å². The number of benzene rings is 2. The Morgan fingerprint density at radius 3 is 2.24 bits per heavy atom. The van der Waals surface area contributed by atoms with Crippen LogP contribution in [0.4, 0.5) is 0 Å². The van der Waals surface area contributed by atoms with Crippen molar-refractivity contribution in [1.29, 1.82) is 0 Å². The topological polar surface area (TPSA) is 17.1 Å². The Bertz CT molecular complexity index is 488. The molecule has 17 heavy (non-hydrogen) atoms. The highest BCUT2D eigenvalue weighted by Crippen LogP contribution is 2.10. The minimum atomic E-state index is -0.892. The smallest absolute Gasteiger partial charge is 0.0532 e. The van der Waals surface area contributed by atoms with Gasteiger partial charge in [-0.3, -0.25) is 4.21 Å². The molecular formula is C15H16OS. The Hall–Kier alpha value is -1.41. The standard InChI is InChI=1S/C15H16OS/c1-13-7-9-15(10-8-13)17(16)12-11-14-5-3-2-4-6-14/h2-10H,11-12H2,1H3/t17-/m0/s1. The average Bonchev–Trinajstić information content (AvgIpc) is 2.38. The highest BCUT2D eigenvalue weighted by atomic mass is 32.2. The lowest BCUT2D eigenvalue weighted by Gasteiger charge is -2.03. The van der Waals surface area contributed by atoms with Crippen LogP contribution in [0.2, 0.25) is 0 Å². The Balaban J connectivity index is 1.96. The second-order valence-corrected chi connectivity index (χ2v) is 5.67. The van der Waals surface area contributed by atoms with Crippen LogP contribution < -0.4 is 0 Å². The molecule has 0 saturated carbocycles. The summed E-state index contributed by atoms with van der Waals surface area (Å²) in [6.45, 7) is 2.04. The van der Waals surface area contributed by atoms with Gasteiger partial charge in [0, 0.05) is 10.6 Å². The summed E-state index contributed by atoms with van der Waals surface area (Å²) in [7, 11) is -0.892. The van der Waals surface area contributed by atoms with Crippen molar-refractivity contribution in [3.8, 4) is 0 Å². The molecule has 0 amide bonds. The maximum absolute atomic E-state index is 12.0. The molecule has 0 aromatic heterocycles. The summed E-state index contributed by atoms with van der Waals surface area (Å²) in [5, 5.41) is 0. The van der Waals surface area contributed by atoms with Crippen molar-refractivity contribution >= 4 is 10.8 Å². The van der Waals surface area contributed by atoms with E-state index in [9.17, 15) is 4.21 Å². The summed E-state index contributed by atoms with van der Waals surface area (Å²) in [6.07, 6.45) is 0.862. The van der Waals surface area contributed by atoms with Crippen LogP contribution in [-0.4, -0.2) is 9.96 Å². The first kappa shape index (κ1) is 12.1. The van der Waals surface area contributed by atoms with Crippen LogP contribution >= 0.6 is 0 Å². The lowest BCUT2D eigenvalue weighted by atomic mass is 10.2. The molecule has 1 atom stereocenters. The first-order valence-corrected chi connectivity index (χ1v) is 7.06. The van der Waals surface area contributed by atoms with Crippen LogP contribution in [0.15, 0.2) is 59.5 Å². The van der Waals surface area contributed by atoms with Gasteiger partial charge in [0.25, 0.3) is 0 Å². The van der Waals surface area contributed by atoms with E-state index in [0.29, 0.717) is 5.75 Å². The Labute approximate surface area is 105 Å². The summed E-state index contributed by atoms with van der Waals surface area (Å²) in [4.78, 5) is 0.923. The summed E-state index contributed by atoms with van der Waals surface area (Å²) in [5.74, 6) is 0.688. The molecule has 0 aliphatic rings. The molecule has 0 unspecified atom stereocenters. The van der Waals surface area contributed by atoms with E-state index in [-0.39, 0.29) is 0 Å². The lowest BCUT2D eigenvalue weighted by Crippen LogP contribution is -2.01. The Kier molecular flexibility index (Phi) is 4.10. The van der Waals surface area contributed by atoms with E-state index in [4.69, 9.17) is 0 Å². The van der Waals surface area contributed by atoms with E-state index in [1.807, 2.05) is 49.4 Å². The molecule has 2 aromatic rings. The molecule has 1 nitrogen and oxygen atoms in total. The number of hydrogen-bond donors (Lipinski definition) is 0. The molecule has 2 rings (SSSR count). The van der Waals surface area contributed by atoms with Crippen LogP contribution in [0.3, 0.4) is 0 Å². The molecule has 0 aliphatic carbocycles. The predicted molar refractivity (Wildman–Crippen MR) is 72.6 cm³/mol. The van der Waals surface area contributed by atoms with Crippen molar-refractivity contribution in [1.82, 2.24) is 0 Å². The molecule has 0 spiro atoms. The van der Waals surface area contributed by atoms with Crippen molar-refractivity contribution in [3.05, 3.63) is 65.7 Å². The maximum atomic E-state index is 12.0. The van der Waals surface area contributed by atoms with Crippen LogP contribution in [0, 0.1) is 6.92 Å². The van der Waals surface area contributed by atoms with Gasteiger partial charge in [-0.15, -0.1) is 0 Å². The Morgan fingerprint density at radius 2 is 1.59 bits per heavy atom. The third kappa shape index (κ3) is 3.53. The van der Waals surface area contributed by atoms with E-state index < -0.39 is 10.8 Å². The molecular weight excluding hydrogens is 228 g/mol. The summed E-state index contributed by atoms with van der Waals surface area (Å²) in [5.41, 5.74) is 2.45. The SMILES string of the molecule is Cc1ccc([S@@](=O)CCc2ccccc2)cc1. The number of hydrogen-bond acceptors (Lipinski definition) is 1. The molecule has 0 radical (unpaired) electrons. The zero-order valence-corrected chi connectivity index (χ0v) is 10.7. The molecule has 0 fully saturated rings. The van der Waals surface area contributed by atoms with Gasteiger partial charge in [0.15, 0.2) is 0 Å². The van der Waals surface area contributed by atoms with Gasteiger partial charge >= 0.3 is 0 Å². The van der Waals surface area contributed by atoms with Crippen molar-refractivity contribution < 1.29 is 4.21 Å². The van der Waals surface area contributed by atoms with Gasteiger partial charge in [0.1, 0.15) is 0 Å². The van der Waals surface area contributed by atoms with Crippen molar-refractivity contribution in [3.63, 3.8) is 0 Å². The fourth-order valence-electron chi connectivity index (χ4n) is 1.66. The van der Waals surface area contributed by atoms with Crippen molar-refractivity contribution in [2.75, 3.05) is 5.75 Å². The van der Waals surface area contributed by atoms with Gasteiger partial charge in [0.2, 0.25) is 0 Å². The summed E-state index contributed by atoms with van der Waals surface area (Å²) >= 11 is 0. The van der Waals surface area contributed by atoms with E-state index in [0.717, 1.165) is 11.3 Å². The molecule has 88 valence electrons. The van der Waals surface area contributed by atoms with Gasteiger partial charge in [-0.1, -0.05) is 48.0 Å². The van der Waals surface area contributed by atoms with Crippen molar-refractivity contribution in [2.24, 2.45) is 0 Å². The average molecular weight is 244 g/mol. The van der Waals surface area contributed by atoms with Gasteiger partial charge in [-0.05, 0) is 31.0 Å². The fraction of sp³-hybridized carbons (Fsp3) is 0.200. The van der Waals surface area contributed by atoms with E-state index in [2.05, 4.69) is 12.1 Å². The molecule has 0 saturated heterocycles. The largest absolute Gasteiger partial charge is 0.254 e. The molecule has 0 bridgehead atoms.